The Morgan fingerprint density at radius 2 is 2.08 bits per heavy atom. The molecule has 1 amide bonds. The quantitative estimate of drug-likeness (QED) is 0.295. The van der Waals surface area contributed by atoms with Gasteiger partial charge in [0, 0.05) is 44.2 Å². The van der Waals surface area contributed by atoms with Gasteiger partial charge in [0.2, 0.25) is 0 Å². The summed E-state index contributed by atoms with van der Waals surface area (Å²) in [7, 11) is 1.77. The van der Waals surface area contributed by atoms with Crippen LogP contribution in [0.1, 0.15) is 23.7 Å². The van der Waals surface area contributed by atoms with Crippen LogP contribution in [-0.2, 0) is 0 Å². The van der Waals surface area contributed by atoms with Crippen LogP contribution in [0.3, 0.4) is 0 Å². The zero-order chi connectivity index (χ0) is 17.4. The summed E-state index contributed by atoms with van der Waals surface area (Å²) in [4.78, 5) is 18.5. The summed E-state index contributed by atoms with van der Waals surface area (Å²) in [5.74, 6) is 1.05. The lowest BCUT2D eigenvalue weighted by Crippen LogP contribution is -2.49. The lowest BCUT2D eigenvalue weighted by Gasteiger charge is -2.34. The lowest BCUT2D eigenvalue weighted by molar-refractivity contribution is 0.0950. The Hall–Kier alpha value is -1.03. The molecule has 140 valence electrons. The molecule has 8 heteroatoms. The molecule has 0 aliphatic carbocycles. The molecule has 1 unspecified atom stereocenters. The number of halogens is 2. The Morgan fingerprint density at radius 1 is 1.36 bits per heavy atom. The van der Waals surface area contributed by atoms with Crippen molar-refractivity contribution in [2.45, 2.75) is 18.6 Å². The molecule has 2 rings (SSSR count). The monoisotopic (exact) mass is 480 g/mol. The first-order valence-corrected chi connectivity index (χ1v) is 9.30. The number of aliphatic imine (C=N–C) groups is 1. The molecule has 5 nitrogen and oxygen atoms in total. The number of carbonyl (C=O) groups is 1. The standard InChI is InChI=1S/C17H25FN4OS.HI/c1-3-13-12-22(10-11-24-13)17(19-2)21-9-8-20-16(23)14-6-4-5-7-15(14)18;/h4-7,13H,3,8-12H2,1-2H3,(H,19,21)(H,20,23);1H. The third kappa shape index (κ3) is 6.65. The SMILES string of the molecule is CCC1CN(C(=NC)NCCNC(=O)c2ccccc2F)CCS1.I. The van der Waals surface area contributed by atoms with Gasteiger partial charge in [-0.1, -0.05) is 19.1 Å². The Morgan fingerprint density at radius 3 is 2.76 bits per heavy atom. The largest absolute Gasteiger partial charge is 0.354 e. The maximum atomic E-state index is 13.5. The van der Waals surface area contributed by atoms with E-state index in [1.165, 1.54) is 12.1 Å². The van der Waals surface area contributed by atoms with Gasteiger partial charge in [-0.3, -0.25) is 9.79 Å². The van der Waals surface area contributed by atoms with Crippen LogP contribution in [0.4, 0.5) is 4.39 Å². The molecule has 1 heterocycles. The third-order valence-corrected chi connectivity index (χ3v) is 5.29. The molecule has 2 N–H and O–H groups in total. The molecule has 1 aromatic carbocycles. The number of nitrogens with one attached hydrogen (secondary N) is 2. The number of guanidine groups is 1. The molecule has 25 heavy (non-hydrogen) atoms. The number of nitrogens with zero attached hydrogens (tertiary/aromatic N) is 2. The predicted octanol–water partition coefficient (Wildman–Crippen LogP) is 2.58. The number of carbonyl (C=O) groups excluding carboxylic acids is 1. The van der Waals surface area contributed by atoms with Crippen LogP contribution in [0.15, 0.2) is 29.3 Å². The highest BCUT2D eigenvalue weighted by Crippen LogP contribution is 2.20. The van der Waals surface area contributed by atoms with Crippen LogP contribution in [0.5, 0.6) is 0 Å². The minimum absolute atomic E-state index is 0. The van der Waals surface area contributed by atoms with Crippen molar-refractivity contribution in [3.8, 4) is 0 Å². The maximum absolute atomic E-state index is 13.5. The summed E-state index contributed by atoms with van der Waals surface area (Å²) >= 11 is 2.01. The first-order chi connectivity index (χ1) is 11.7. The van der Waals surface area contributed by atoms with Crippen molar-refractivity contribution in [1.82, 2.24) is 15.5 Å². The lowest BCUT2D eigenvalue weighted by atomic mass is 10.2. The van der Waals surface area contributed by atoms with E-state index in [4.69, 9.17) is 0 Å². The molecule has 0 aromatic heterocycles. The molecular weight excluding hydrogens is 454 g/mol. The van der Waals surface area contributed by atoms with E-state index in [1.54, 1.807) is 19.2 Å². The fourth-order valence-electron chi connectivity index (χ4n) is 2.58. The Labute approximate surface area is 170 Å². The molecule has 0 bridgehead atoms. The molecule has 1 fully saturated rings. The van der Waals surface area contributed by atoms with Crippen molar-refractivity contribution < 1.29 is 9.18 Å². The Bertz CT molecular complexity index is 588. The van der Waals surface area contributed by atoms with E-state index < -0.39 is 11.7 Å². The van der Waals surface area contributed by atoms with E-state index >= 15 is 0 Å². The van der Waals surface area contributed by atoms with Crippen molar-refractivity contribution in [2.24, 2.45) is 4.99 Å². The molecule has 1 aromatic rings. The second-order valence-electron chi connectivity index (χ2n) is 5.56. The van der Waals surface area contributed by atoms with Crippen molar-refractivity contribution in [1.29, 1.82) is 0 Å². The van der Waals surface area contributed by atoms with Crippen molar-refractivity contribution in [3.05, 3.63) is 35.6 Å². The number of amides is 1. The van der Waals surface area contributed by atoms with Gasteiger partial charge in [0.25, 0.3) is 5.91 Å². The highest BCUT2D eigenvalue weighted by atomic mass is 127. The molecule has 0 spiro atoms. The third-order valence-electron chi connectivity index (χ3n) is 3.92. The molecule has 1 aliphatic heterocycles. The summed E-state index contributed by atoms with van der Waals surface area (Å²) < 4.78 is 13.5. The molecular formula is C17H26FIN4OS. The summed E-state index contributed by atoms with van der Waals surface area (Å²) in [6.07, 6.45) is 1.15. The summed E-state index contributed by atoms with van der Waals surface area (Å²) in [5, 5.41) is 6.62. The van der Waals surface area contributed by atoms with E-state index in [0.717, 1.165) is 31.2 Å². The summed E-state index contributed by atoms with van der Waals surface area (Å²) in [6, 6.07) is 5.98. The van der Waals surface area contributed by atoms with E-state index in [-0.39, 0.29) is 29.5 Å². The highest BCUT2D eigenvalue weighted by molar-refractivity contribution is 14.0. The predicted molar refractivity (Wildman–Crippen MR) is 114 cm³/mol. The second kappa shape index (κ2) is 11.6. The van der Waals surface area contributed by atoms with Crippen molar-refractivity contribution in [2.75, 3.05) is 39.0 Å². The van der Waals surface area contributed by atoms with Crippen molar-refractivity contribution in [3.63, 3.8) is 0 Å². The highest BCUT2D eigenvalue weighted by Gasteiger charge is 2.21. The average molecular weight is 480 g/mol. The van der Waals surface area contributed by atoms with Crippen LogP contribution < -0.4 is 10.6 Å². The van der Waals surface area contributed by atoms with Gasteiger partial charge in [0.05, 0.1) is 5.56 Å². The van der Waals surface area contributed by atoms with Crippen LogP contribution in [0.25, 0.3) is 0 Å². The minimum Gasteiger partial charge on any atom is -0.354 e. The first-order valence-electron chi connectivity index (χ1n) is 8.25. The van der Waals surface area contributed by atoms with Gasteiger partial charge < -0.3 is 15.5 Å². The molecule has 1 aliphatic rings. The van der Waals surface area contributed by atoms with Crippen LogP contribution >= 0.6 is 35.7 Å². The molecule has 0 radical (unpaired) electrons. The fraction of sp³-hybridized carbons (Fsp3) is 0.529. The zero-order valence-corrected chi connectivity index (χ0v) is 17.8. The van der Waals surface area contributed by atoms with Gasteiger partial charge in [-0.15, -0.1) is 24.0 Å². The molecule has 1 atom stereocenters. The summed E-state index contributed by atoms with van der Waals surface area (Å²) in [5.41, 5.74) is 0.0701. The average Bonchev–Trinajstić information content (AvgIpc) is 2.62. The van der Waals surface area contributed by atoms with Gasteiger partial charge in [0.15, 0.2) is 5.96 Å². The van der Waals surface area contributed by atoms with E-state index in [2.05, 4.69) is 27.4 Å². The number of thioether (sulfide) groups is 1. The topological polar surface area (TPSA) is 56.7 Å². The van der Waals surface area contributed by atoms with Gasteiger partial charge in [-0.25, -0.2) is 4.39 Å². The zero-order valence-electron chi connectivity index (χ0n) is 14.6. The number of rotatable bonds is 5. The van der Waals surface area contributed by atoms with Crippen molar-refractivity contribution >= 4 is 47.6 Å². The molecule has 1 saturated heterocycles. The van der Waals surface area contributed by atoms with Gasteiger partial charge >= 0.3 is 0 Å². The van der Waals surface area contributed by atoms with Crippen LogP contribution in [0, 0.1) is 5.82 Å². The fourth-order valence-corrected chi connectivity index (χ4v) is 3.76. The normalized spacial score (nSPS) is 17.6. The maximum Gasteiger partial charge on any atom is 0.254 e. The van der Waals surface area contributed by atoms with Gasteiger partial charge in [-0.2, -0.15) is 11.8 Å². The minimum atomic E-state index is -0.504. The van der Waals surface area contributed by atoms with Gasteiger partial charge in [0.1, 0.15) is 5.82 Å². The second-order valence-corrected chi connectivity index (χ2v) is 6.97. The first kappa shape index (κ1) is 22.0. The number of hydrogen-bond donors (Lipinski definition) is 2. The number of hydrogen-bond acceptors (Lipinski definition) is 3. The van der Waals surface area contributed by atoms with Crippen LogP contribution in [0.2, 0.25) is 0 Å². The Balaban J connectivity index is 0.00000312. The smallest absolute Gasteiger partial charge is 0.254 e. The van der Waals surface area contributed by atoms with E-state index in [1.807, 2.05) is 11.8 Å². The Kier molecular flexibility index (Phi) is 10.2. The number of benzene rings is 1. The van der Waals surface area contributed by atoms with E-state index in [0.29, 0.717) is 18.3 Å². The molecule has 0 saturated carbocycles. The van der Waals surface area contributed by atoms with Gasteiger partial charge in [-0.05, 0) is 18.6 Å². The van der Waals surface area contributed by atoms with Crippen LogP contribution in [-0.4, -0.2) is 61.0 Å². The summed E-state index contributed by atoms with van der Waals surface area (Å²) in [6.45, 7) is 5.12. The van der Waals surface area contributed by atoms with E-state index in [9.17, 15) is 9.18 Å².